The normalized spacial score (nSPS) is 13.6. The molecule has 1 rings (SSSR count). The Hall–Kier alpha value is -0.480. The SMILES string of the molecule is CCC(SP(=O)(OC(C)C)OC(C)C)c1ccccc1OC. The highest BCUT2D eigenvalue weighted by Crippen LogP contribution is 2.67. The van der Waals surface area contributed by atoms with E-state index in [0.29, 0.717) is 0 Å². The van der Waals surface area contributed by atoms with Crippen molar-refractivity contribution in [3.8, 4) is 5.75 Å². The van der Waals surface area contributed by atoms with Crippen molar-refractivity contribution >= 4 is 18.2 Å². The van der Waals surface area contributed by atoms with Gasteiger partial charge in [0.15, 0.2) is 0 Å². The molecule has 0 saturated heterocycles. The lowest BCUT2D eigenvalue weighted by atomic mass is 10.1. The van der Waals surface area contributed by atoms with Crippen LogP contribution in [0.15, 0.2) is 24.3 Å². The van der Waals surface area contributed by atoms with Crippen LogP contribution in [0.5, 0.6) is 5.75 Å². The van der Waals surface area contributed by atoms with E-state index in [0.717, 1.165) is 17.7 Å². The third-order valence-corrected chi connectivity index (χ3v) is 7.31. The fourth-order valence-corrected chi connectivity index (χ4v) is 7.04. The van der Waals surface area contributed by atoms with Crippen LogP contribution in [0.1, 0.15) is 51.9 Å². The molecular weight excluding hydrogens is 319 g/mol. The molecule has 0 aromatic heterocycles. The molecule has 0 aliphatic heterocycles. The number of hydrogen-bond acceptors (Lipinski definition) is 5. The van der Waals surface area contributed by atoms with Crippen LogP contribution in [-0.2, 0) is 13.6 Å². The van der Waals surface area contributed by atoms with E-state index in [4.69, 9.17) is 13.8 Å². The van der Waals surface area contributed by atoms with Gasteiger partial charge in [-0.25, -0.2) is 4.57 Å². The summed E-state index contributed by atoms with van der Waals surface area (Å²) in [7, 11) is 1.64. The third-order valence-electron chi connectivity index (χ3n) is 2.79. The van der Waals surface area contributed by atoms with Gasteiger partial charge in [0.1, 0.15) is 5.75 Å². The summed E-state index contributed by atoms with van der Waals surface area (Å²) in [5.74, 6) is 0.794. The van der Waals surface area contributed by atoms with Gasteiger partial charge in [-0.15, -0.1) is 0 Å². The van der Waals surface area contributed by atoms with Crippen molar-refractivity contribution in [1.29, 1.82) is 0 Å². The van der Waals surface area contributed by atoms with Gasteiger partial charge in [-0.3, -0.25) is 9.05 Å². The van der Waals surface area contributed by atoms with Gasteiger partial charge >= 0.3 is 6.80 Å². The fourth-order valence-electron chi connectivity index (χ4n) is 2.03. The van der Waals surface area contributed by atoms with Gasteiger partial charge in [-0.05, 0) is 51.6 Å². The lowest BCUT2D eigenvalue weighted by molar-refractivity contribution is 0.155. The lowest BCUT2D eigenvalue weighted by Crippen LogP contribution is -2.07. The van der Waals surface area contributed by atoms with Gasteiger partial charge in [0.05, 0.1) is 19.3 Å². The van der Waals surface area contributed by atoms with Crippen molar-refractivity contribution in [2.75, 3.05) is 7.11 Å². The molecule has 1 aromatic rings. The van der Waals surface area contributed by atoms with Crippen molar-refractivity contribution < 1.29 is 18.3 Å². The summed E-state index contributed by atoms with van der Waals surface area (Å²) < 4.78 is 29.7. The Balaban J connectivity index is 3.04. The van der Waals surface area contributed by atoms with Gasteiger partial charge in [-0.1, -0.05) is 25.1 Å². The summed E-state index contributed by atoms with van der Waals surface area (Å²) in [5.41, 5.74) is 1.01. The predicted molar refractivity (Wildman–Crippen MR) is 93.7 cm³/mol. The highest BCUT2D eigenvalue weighted by molar-refractivity contribution is 8.55. The van der Waals surface area contributed by atoms with E-state index in [1.807, 2.05) is 52.0 Å². The molecule has 0 bridgehead atoms. The Morgan fingerprint density at radius 1 is 1.09 bits per heavy atom. The highest BCUT2D eigenvalue weighted by atomic mass is 32.7. The number of benzene rings is 1. The van der Waals surface area contributed by atoms with Gasteiger partial charge in [0.2, 0.25) is 0 Å². The number of para-hydroxylation sites is 1. The maximum atomic E-state index is 13.1. The summed E-state index contributed by atoms with van der Waals surface area (Å²) in [5, 5.41) is -0.0144. The summed E-state index contributed by atoms with van der Waals surface area (Å²) in [6.07, 6.45) is 0.484. The summed E-state index contributed by atoms with van der Waals surface area (Å²) in [4.78, 5) is 0. The minimum Gasteiger partial charge on any atom is -0.496 e. The molecule has 0 heterocycles. The van der Waals surface area contributed by atoms with Crippen LogP contribution in [0, 0.1) is 0 Å². The number of methoxy groups -OCH3 is 1. The number of ether oxygens (including phenoxy) is 1. The van der Waals surface area contributed by atoms with Crippen LogP contribution >= 0.6 is 18.2 Å². The molecule has 0 fully saturated rings. The lowest BCUT2D eigenvalue weighted by Gasteiger charge is -2.26. The summed E-state index contributed by atoms with van der Waals surface area (Å²) in [6.45, 7) is 6.26. The molecule has 6 heteroatoms. The van der Waals surface area contributed by atoms with Crippen LogP contribution in [0.25, 0.3) is 0 Å². The zero-order valence-corrected chi connectivity index (χ0v) is 15.9. The van der Waals surface area contributed by atoms with Crippen LogP contribution in [-0.4, -0.2) is 19.3 Å². The molecule has 0 N–H and O–H groups in total. The summed E-state index contributed by atoms with van der Waals surface area (Å²) in [6, 6.07) is 7.79. The first kappa shape index (κ1) is 19.6. The molecule has 0 saturated carbocycles. The van der Waals surface area contributed by atoms with E-state index < -0.39 is 6.80 Å². The van der Waals surface area contributed by atoms with Crippen molar-refractivity contribution in [2.45, 2.75) is 58.5 Å². The standard InChI is InChI=1S/C16H27O4PS/c1-7-16(14-10-8-9-11-15(14)18-6)22-21(17,19-12(2)3)20-13(4)5/h8-13,16H,7H2,1-6H3. The first-order valence-corrected chi connectivity index (χ1v) is 10.6. The Kier molecular flexibility index (Phi) is 7.98. The maximum Gasteiger partial charge on any atom is 0.390 e. The first-order chi connectivity index (χ1) is 10.3. The summed E-state index contributed by atoms with van der Waals surface area (Å²) >= 11 is 1.26. The van der Waals surface area contributed by atoms with Crippen LogP contribution in [0.4, 0.5) is 0 Å². The molecule has 1 aromatic carbocycles. The van der Waals surface area contributed by atoms with Gasteiger partial charge in [0, 0.05) is 10.8 Å². The monoisotopic (exact) mass is 346 g/mol. The first-order valence-electron chi connectivity index (χ1n) is 7.59. The quantitative estimate of drug-likeness (QED) is 0.526. The van der Waals surface area contributed by atoms with E-state index in [2.05, 4.69) is 6.92 Å². The molecule has 22 heavy (non-hydrogen) atoms. The van der Waals surface area contributed by atoms with Crippen LogP contribution in [0.3, 0.4) is 0 Å². The average molecular weight is 346 g/mol. The van der Waals surface area contributed by atoms with E-state index in [9.17, 15) is 4.57 Å². The van der Waals surface area contributed by atoms with Crippen LogP contribution in [0.2, 0.25) is 0 Å². The minimum absolute atomic E-state index is 0.0144. The minimum atomic E-state index is -3.24. The predicted octanol–water partition coefficient (Wildman–Crippen LogP) is 5.84. The molecular formula is C16H27O4PS. The van der Waals surface area contributed by atoms with E-state index in [1.54, 1.807) is 7.11 Å². The molecule has 0 aliphatic carbocycles. The molecule has 0 aliphatic rings. The largest absolute Gasteiger partial charge is 0.496 e. The van der Waals surface area contributed by atoms with E-state index in [1.165, 1.54) is 11.4 Å². The Labute approximate surface area is 138 Å². The number of rotatable bonds is 9. The molecule has 4 nitrogen and oxygen atoms in total. The second kappa shape index (κ2) is 8.97. The Morgan fingerprint density at radius 2 is 1.64 bits per heavy atom. The number of hydrogen-bond donors (Lipinski definition) is 0. The second-order valence-corrected chi connectivity index (χ2v) is 9.57. The molecule has 126 valence electrons. The molecule has 0 spiro atoms. The molecule has 1 atom stereocenters. The topological polar surface area (TPSA) is 44.8 Å². The van der Waals surface area contributed by atoms with E-state index in [-0.39, 0.29) is 17.5 Å². The van der Waals surface area contributed by atoms with Crippen molar-refractivity contribution in [3.63, 3.8) is 0 Å². The third kappa shape index (κ3) is 5.96. The van der Waals surface area contributed by atoms with Crippen molar-refractivity contribution in [2.24, 2.45) is 0 Å². The Bertz CT molecular complexity index is 491. The smallest absolute Gasteiger partial charge is 0.390 e. The zero-order chi connectivity index (χ0) is 16.8. The Morgan fingerprint density at radius 3 is 2.09 bits per heavy atom. The fraction of sp³-hybridized carbons (Fsp3) is 0.625. The van der Waals surface area contributed by atoms with Crippen LogP contribution < -0.4 is 4.74 Å². The van der Waals surface area contributed by atoms with Gasteiger partial charge < -0.3 is 4.74 Å². The zero-order valence-electron chi connectivity index (χ0n) is 14.2. The van der Waals surface area contributed by atoms with Crippen molar-refractivity contribution in [1.82, 2.24) is 0 Å². The van der Waals surface area contributed by atoms with Crippen molar-refractivity contribution in [3.05, 3.63) is 29.8 Å². The van der Waals surface area contributed by atoms with E-state index >= 15 is 0 Å². The van der Waals surface area contributed by atoms with Gasteiger partial charge in [-0.2, -0.15) is 0 Å². The average Bonchev–Trinajstić information content (AvgIpc) is 2.43. The molecule has 1 unspecified atom stereocenters. The molecule has 0 radical (unpaired) electrons. The van der Waals surface area contributed by atoms with Gasteiger partial charge in [0.25, 0.3) is 0 Å². The highest BCUT2D eigenvalue weighted by Gasteiger charge is 2.33. The maximum absolute atomic E-state index is 13.1. The second-order valence-electron chi connectivity index (χ2n) is 5.50. The molecule has 0 amide bonds.